The van der Waals surface area contributed by atoms with Gasteiger partial charge in [0.2, 0.25) is 0 Å². The van der Waals surface area contributed by atoms with Crippen LogP contribution in [0.1, 0.15) is 24.8 Å². The van der Waals surface area contributed by atoms with Crippen LogP contribution in [-0.2, 0) is 4.74 Å². The van der Waals surface area contributed by atoms with Crippen molar-refractivity contribution >= 4 is 23.0 Å². The van der Waals surface area contributed by atoms with Crippen LogP contribution < -0.4 is 4.90 Å². The number of allylic oxidation sites excluding steroid dienone is 1. The molecule has 1 aromatic rings. The lowest BCUT2D eigenvalue weighted by atomic mass is 10.0. The zero-order valence-corrected chi connectivity index (χ0v) is 12.6. The third-order valence-electron chi connectivity index (χ3n) is 4.59. The normalized spacial score (nSPS) is 29.4. The van der Waals surface area contributed by atoms with Crippen LogP contribution in [-0.4, -0.2) is 36.8 Å². The van der Waals surface area contributed by atoms with E-state index in [2.05, 4.69) is 47.0 Å². The molecule has 3 heteroatoms. The van der Waals surface area contributed by atoms with Crippen LogP contribution in [0, 0.1) is 0 Å². The number of hydrogen-bond acceptors (Lipinski definition) is 3. The Bertz CT molecular complexity index is 504. The summed E-state index contributed by atoms with van der Waals surface area (Å²) in [4.78, 5) is 2.42. The number of thioether (sulfide) groups is 1. The predicted molar refractivity (Wildman–Crippen MR) is 86.5 cm³/mol. The van der Waals surface area contributed by atoms with E-state index in [-0.39, 0.29) is 0 Å². The van der Waals surface area contributed by atoms with Crippen LogP contribution in [0.4, 0.5) is 5.69 Å². The molecular formula is C17H21NOS. The maximum atomic E-state index is 5.42. The number of ether oxygens (including phenoxy) is 1. The molecule has 3 aliphatic rings. The monoisotopic (exact) mass is 287 g/mol. The summed E-state index contributed by atoms with van der Waals surface area (Å²) in [5.41, 5.74) is 4.34. The van der Waals surface area contributed by atoms with Gasteiger partial charge in [-0.1, -0.05) is 18.2 Å². The molecule has 2 atom stereocenters. The molecule has 3 aliphatic heterocycles. The van der Waals surface area contributed by atoms with Crippen molar-refractivity contribution in [3.63, 3.8) is 0 Å². The van der Waals surface area contributed by atoms with Gasteiger partial charge in [0.05, 0.1) is 13.2 Å². The molecule has 0 N–H and O–H groups in total. The summed E-state index contributed by atoms with van der Waals surface area (Å²) in [5.74, 6) is 0. The fourth-order valence-electron chi connectivity index (χ4n) is 3.47. The Morgan fingerprint density at radius 3 is 2.60 bits per heavy atom. The molecule has 3 heterocycles. The van der Waals surface area contributed by atoms with Crippen molar-refractivity contribution in [2.75, 3.05) is 31.2 Å². The van der Waals surface area contributed by atoms with Crippen LogP contribution in [0.2, 0.25) is 0 Å². The summed E-state index contributed by atoms with van der Waals surface area (Å²) >= 11 is 2.18. The number of rotatable bonds is 2. The van der Waals surface area contributed by atoms with Gasteiger partial charge in [-0.25, -0.2) is 0 Å². The van der Waals surface area contributed by atoms with Crippen LogP contribution in [0.25, 0.3) is 5.57 Å². The Morgan fingerprint density at radius 2 is 1.85 bits per heavy atom. The Morgan fingerprint density at radius 1 is 1.05 bits per heavy atom. The van der Waals surface area contributed by atoms with Crippen molar-refractivity contribution in [3.8, 4) is 0 Å². The smallest absolute Gasteiger partial charge is 0.0642 e. The second kappa shape index (κ2) is 5.45. The first-order valence-electron chi connectivity index (χ1n) is 7.68. The molecule has 2 fully saturated rings. The Balaban J connectivity index is 1.52. The summed E-state index contributed by atoms with van der Waals surface area (Å²) in [5, 5.41) is 1.65. The molecule has 0 aromatic heterocycles. The first-order chi connectivity index (χ1) is 9.88. The molecular weight excluding hydrogens is 266 g/mol. The van der Waals surface area contributed by atoms with E-state index in [0.29, 0.717) is 0 Å². The number of hydrogen-bond donors (Lipinski definition) is 0. The topological polar surface area (TPSA) is 12.5 Å². The summed E-state index contributed by atoms with van der Waals surface area (Å²) in [6.45, 7) is 3.74. The van der Waals surface area contributed by atoms with Gasteiger partial charge >= 0.3 is 0 Å². The lowest BCUT2D eigenvalue weighted by molar-refractivity contribution is 0.122. The predicted octanol–water partition coefficient (Wildman–Crippen LogP) is 3.57. The highest BCUT2D eigenvalue weighted by Gasteiger charge is 2.29. The second-order valence-corrected chi connectivity index (χ2v) is 7.46. The molecule has 0 amide bonds. The number of morpholine rings is 1. The van der Waals surface area contributed by atoms with E-state index >= 15 is 0 Å². The minimum Gasteiger partial charge on any atom is -0.378 e. The number of fused-ring (bicyclic) bond motifs is 2. The van der Waals surface area contributed by atoms with Crippen LogP contribution in [0.5, 0.6) is 0 Å². The van der Waals surface area contributed by atoms with E-state index in [1.807, 2.05) is 0 Å². The van der Waals surface area contributed by atoms with Crippen LogP contribution in [0.3, 0.4) is 0 Å². The van der Waals surface area contributed by atoms with Crippen molar-refractivity contribution in [2.24, 2.45) is 0 Å². The molecule has 2 nitrogen and oxygen atoms in total. The van der Waals surface area contributed by atoms with Crippen LogP contribution in [0.15, 0.2) is 30.3 Å². The van der Waals surface area contributed by atoms with E-state index in [0.717, 1.165) is 36.8 Å². The van der Waals surface area contributed by atoms with Gasteiger partial charge in [-0.3, -0.25) is 0 Å². The molecule has 0 aliphatic carbocycles. The molecule has 0 saturated carbocycles. The third-order valence-corrected chi connectivity index (χ3v) is 6.10. The molecule has 1 aromatic carbocycles. The van der Waals surface area contributed by atoms with Gasteiger partial charge in [0.15, 0.2) is 0 Å². The zero-order chi connectivity index (χ0) is 13.4. The van der Waals surface area contributed by atoms with Crippen LogP contribution >= 0.6 is 11.8 Å². The molecule has 2 bridgehead atoms. The first-order valence-corrected chi connectivity index (χ1v) is 8.62. The molecule has 2 unspecified atom stereocenters. The SMILES string of the molecule is C1=C(c2ccc(N3CCOCC3)cc2)CC2CCC1S2. The van der Waals surface area contributed by atoms with Crippen molar-refractivity contribution in [1.82, 2.24) is 0 Å². The Labute approximate surface area is 125 Å². The molecule has 2 saturated heterocycles. The maximum Gasteiger partial charge on any atom is 0.0642 e. The Kier molecular flexibility index (Phi) is 3.49. The van der Waals surface area contributed by atoms with Crippen molar-refractivity contribution in [2.45, 2.75) is 29.8 Å². The largest absolute Gasteiger partial charge is 0.378 e. The minimum absolute atomic E-state index is 0.780. The van der Waals surface area contributed by atoms with Gasteiger partial charge in [0.25, 0.3) is 0 Å². The van der Waals surface area contributed by atoms with E-state index in [4.69, 9.17) is 4.74 Å². The first kappa shape index (κ1) is 12.8. The molecule has 106 valence electrons. The highest BCUT2D eigenvalue weighted by atomic mass is 32.2. The quantitative estimate of drug-likeness (QED) is 0.825. The molecule has 20 heavy (non-hydrogen) atoms. The number of nitrogens with zero attached hydrogens (tertiary/aromatic N) is 1. The van der Waals surface area contributed by atoms with Crippen molar-refractivity contribution in [3.05, 3.63) is 35.9 Å². The average Bonchev–Trinajstić information content (AvgIpc) is 2.87. The standard InChI is InChI=1S/C17H21NOS/c1-3-15(18-7-9-19-10-8-18)4-2-13(1)14-11-16-5-6-17(12-14)20-16/h1-4,11,16-17H,5-10,12H2. The van der Waals surface area contributed by atoms with Gasteiger partial charge < -0.3 is 9.64 Å². The van der Waals surface area contributed by atoms with Gasteiger partial charge in [-0.05, 0) is 42.5 Å². The number of anilines is 1. The summed E-state index contributed by atoms with van der Waals surface area (Å²) in [6, 6.07) is 9.19. The zero-order valence-electron chi connectivity index (χ0n) is 11.8. The second-order valence-electron chi connectivity index (χ2n) is 5.92. The van der Waals surface area contributed by atoms with Gasteiger partial charge in [0, 0.05) is 29.3 Å². The highest BCUT2D eigenvalue weighted by Crippen LogP contribution is 2.45. The van der Waals surface area contributed by atoms with Gasteiger partial charge in [-0.15, -0.1) is 0 Å². The molecule has 0 spiro atoms. The van der Waals surface area contributed by atoms with E-state index in [9.17, 15) is 0 Å². The van der Waals surface area contributed by atoms with Crippen molar-refractivity contribution in [1.29, 1.82) is 0 Å². The third kappa shape index (κ3) is 2.49. The fourth-order valence-corrected chi connectivity index (χ4v) is 5.02. The lowest BCUT2D eigenvalue weighted by Crippen LogP contribution is -2.36. The molecule has 4 rings (SSSR count). The maximum absolute atomic E-state index is 5.42. The molecule has 0 radical (unpaired) electrons. The van der Waals surface area contributed by atoms with E-state index in [1.165, 1.54) is 30.5 Å². The van der Waals surface area contributed by atoms with Crippen molar-refractivity contribution < 1.29 is 4.74 Å². The lowest BCUT2D eigenvalue weighted by Gasteiger charge is -2.29. The average molecular weight is 287 g/mol. The number of benzene rings is 1. The summed E-state index contributed by atoms with van der Waals surface area (Å²) < 4.78 is 5.42. The minimum atomic E-state index is 0.780. The van der Waals surface area contributed by atoms with E-state index < -0.39 is 0 Å². The van der Waals surface area contributed by atoms with Gasteiger partial charge in [-0.2, -0.15) is 11.8 Å². The summed E-state index contributed by atoms with van der Waals surface area (Å²) in [6.07, 6.45) is 6.56. The highest BCUT2D eigenvalue weighted by molar-refractivity contribution is 8.01. The van der Waals surface area contributed by atoms with Gasteiger partial charge in [0.1, 0.15) is 0 Å². The summed E-state index contributed by atoms with van der Waals surface area (Å²) in [7, 11) is 0. The Hall–Kier alpha value is -0.930. The fraction of sp³-hybridized carbons (Fsp3) is 0.529. The van der Waals surface area contributed by atoms with E-state index in [1.54, 1.807) is 5.57 Å².